The van der Waals surface area contributed by atoms with Crippen LogP contribution in [0.2, 0.25) is 0 Å². The van der Waals surface area contributed by atoms with Crippen LogP contribution in [0.5, 0.6) is 0 Å². The van der Waals surface area contributed by atoms with Crippen LogP contribution in [0.15, 0.2) is 47.4 Å². The van der Waals surface area contributed by atoms with Crippen molar-refractivity contribution in [2.75, 3.05) is 18.4 Å². The van der Waals surface area contributed by atoms with Crippen LogP contribution in [-0.2, 0) is 21.2 Å². The molecule has 1 fully saturated rings. The molecule has 1 saturated heterocycles. The number of benzene rings is 2. The summed E-state index contributed by atoms with van der Waals surface area (Å²) in [6.07, 6.45) is 2.51. The summed E-state index contributed by atoms with van der Waals surface area (Å²) in [4.78, 5) is 23.2. The molecule has 0 aliphatic carbocycles. The van der Waals surface area contributed by atoms with Crippen molar-refractivity contribution >= 4 is 27.3 Å². The van der Waals surface area contributed by atoms with Crippen LogP contribution in [0.25, 0.3) is 0 Å². The Hall–Kier alpha value is -2.78. The Balaban J connectivity index is 1.80. The standard InChI is InChI=1S/C20H23N3O5S/c1-15-9-10-17(14-19(15)29(27,28)22-11-5-2-6-12-22)21-20(24)13-16-7-3-4-8-18(16)23(25)26/h3-4,7-10,14H,2,5-6,11-13H2,1H3,(H,21,24). The van der Waals surface area contributed by atoms with E-state index in [0.29, 0.717) is 29.9 Å². The van der Waals surface area contributed by atoms with Crippen LogP contribution in [0.3, 0.4) is 0 Å². The number of nitro groups is 1. The highest BCUT2D eigenvalue weighted by Gasteiger charge is 2.27. The van der Waals surface area contributed by atoms with E-state index in [1.165, 1.54) is 28.6 Å². The van der Waals surface area contributed by atoms with Crippen molar-refractivity contribution in [1.29, 1.82) is 0 Å². The molecule has 9 heteroatoms. The van der Waals surface area contributed by atoms with Crippen molar-refractivity contribution in [3.05, 3.63) is 63.7 Å². The highest BCUT2D eigenvalue weighted by atomic mass is 32.2. The van der Waals surface area contributed by atoms with Crippen LogP contribution < -0.4 is 5.32 Å². The fourth-order valence-electron chi connectivity index (χ4n) is 3.42. The molecule has 8 nitrogen and oxygen atoms in total. The number of carbonyl (C=O) groups is 1. The molecule has 1 heterocycles. The third-order valence-electron chi connectivity index (χ3n) is 4.94. The van der Waals surface area contributed by atoms with E-state index in [9.17, 15) is 23.3 Å². The van der Waals surface area contributed by atoms with Gasteiger partial charge >= 0.3 is 0 Å². The number of sulfonamides is 1. The molecule has 0 saturated carbocycles. The smallest absolute Gasteiger partial charge is 0.273 e. The summed E-state index contributed by atoms with van der Waals surface area (Å²) in [6.45, 7) is 2.71. The lowest BCUT2D eigenvalue weighted by atomic mass is 10.1. The molecule has 2 aromatic carbocycles. The molecular weight excluding hydrogens is 394 g/mol. The lowest BCUT2D eigenvalue weighted by Crippen LogP contribution is -2.36. The van der Waals surface area contributed by atoms with E-state index >= 15 is 0 Å². The van der Waals surface area contributed by atoms with Gasteiger partial charge in [-0.3, -0.25) is 14.9 Å². The zero-order valence-electron chi connectivity index (χ0n) is 16.1. The zero-order valence-corrected chi connectivity index (χ0v) is 16.9. The van der Waals surface area contributed by atoms with Gasteiger partial charge in [0.1, 0.15) is 0 Å². The normalized spacial score (nSPS) is 15.1. The van der Waals surface area contributed by atoms with Gasteiger partial charge in [0.25, 0.3) is 5.69 Å². The number of para-hydroxylation sites is 1. The summed E-state index contributed by atoms with van der Waals surface area (Å²) in [5.74, 6) is -0.454. The van der Waals surface area contributed by atoms with Crippen LogP contribution in [0, 0.1) is 17.0 Å². The van der Waals surface area contributed by atoms with Gasteiger partial charge in [-0.05, 0) is 37.5 Å². The first-order chi connectivity index (χ1) is 13.8. The fourth-order valence-corrected chi connectivity index (χ4v) is 5.18. The number of hydrogen-bond donors (Lipinski definition) is 1. The van der Waals surface area contributed by atoms with Crippen LogP contribution in [0.4, 0.5) is 11.4 Å². The Morgan fingerprint density at radius 2 is 1.83 bits per heavy atom. The summed E-state index contributed by atoms with van der Waals surface area (Å²) in [7, 11) is -3.64. The predicted octanol–water partition coefficient (Wildman–Crippen LogP) is 3.26. The van der Waals surface area contributed by atoms with Gasteiger partial charge in [0.15, 0.2) is 0 Å². The predicted molar refractivity (Wildman–Crippen MR) is 109 cm³/mol. The topological polar surface area (TPSA) is 110 Å². The van der Waals surface area contributed by atoms with Crippen molar-refractivity contribution in [2.45, 2.75) is 37.5 Å². The summed E-state index contributed by atoms with van der Waals surface area (Å²) in [6, 6.07) is 10.8. The number of rotatable bonds is 6. The Labute approximate surface area is 169 Å². The molecule has 1 aliphatic heterocycles. The highest BCUT2D eigenvalue weighted by molar-refractivity contribution is 7.89. The second-order valence-electron chi connectivity index (χ2n) is 7.06. The van der Waals surface area contributed by atoms with Crippen molar-refractivity contribution in [2.24, 2.45) is 0 Å². The Kier molecular flexibility index (Phi) is 6.29. The van der Waals surface area contributed by atoms with E-state index in [1.54, 1.807) is 25.1 Å². The molecule has 0 unspecified atom stereocenters. The molecule has 0 bridgehead atoms. The van der Waals surface area contributed by atoms with Gasteiger partial charge in [0, 0.05) is 30.4 Å². The fraction of sp³-hybridized carbons (Fsp3) is 0.350. The average molecular weight is 417 g/mol. The van der Waals surface area contributed by atoms with Crippen LogP contribution in [-0.4, -0.2) is 36.6 Å². The first-order valence-corrected chi connectivity index (χ1v) is 10.9. The minimum absolute atomic E-state index is 0.125. The van der Waals surface area contributed by atoms with Gasteiger partial charge in [-0.2, -0.15) is 4.31 Å². The Morgan fingerprint density at radius 1 is 1.14 bits per heavy atom. The number of aryl methyl sites for hydroxylation is 1. The maximum absolute atomic E-state index is 13.0. The number of piperidine rings is 1. The average Bonchev–Trinajstić information content (AvgIpc) is 2.70. The third-order valence-corrected chi connectivity index (χ3v) is 6.98. The molecule has 0 spiro atoms. The van der Waals surface area contributed by atoms with Crippen molar-refractivity contribution < 1.29 is 18.1 Å². The van der Waals surface area contributed by atoms with Gasteiger partial charge in [-0.15, -0.1) is 0 Å². The van der Waals surface area contributed by atoms with E-state index in [1.807, 2.05) is 0 Å². The summed E-state index contributed by atoms with van der Waals surface area (Å²) < 4.78 is 27.5. The van der Waals surface area contributed by atoms with Crippen molar-refractivity contribution in [1.82, 2.24) is 4.31 Å². The molecule has 1 N–H and O–H groups in total. The maximum Gasteiger partial charge on any atom is 0.273 e. The molecule has 0 radical (unpaired) electrons. The summed E-state index contributed by atoms with van der Waals surface area (Å²) in [5.41, 5.74) is 1.12. The monoisotopic (exact) mass is 417 g/mol. The molecule has 0 aromatic heterocycles. The molecular formula is C20H23N3O5S. The molecule has 3 rings (SSSR count). The van der Waals surface area contributed by atoms with E-state index in [2.05, 4.69) is 5.32 Å². The van der Waals surface area contributed by atoms with Gasteiger partial charge in [0.05, 0.1) is 16.2 Å². The SMILES string of the molecule is Cc1ccc(NC(=O)Cc2ccccc2[N+](=O)[O-])cc1S(=O)(=O)N1CCCCC1. The molecule has 0 atom stereocenters. The first-order valence-electron chi connectivity index (χ1n) is 9.42. The van der Waals surface area contributed by atoms with Gasteiger partial charge in [-0.25, -0.2) is 8.42 Å². The third kappa shape index (κ3) is 4.80. The lowest BCUT2D eigenvalue weighted by Gasteiger charge is -2.26. The number of amides is 1. The number of nitrogens with one attached hydrogen (secondary N) is 1. The molecule has 1 amide bonds. The largest absolute Gasteiger partial charge is 0.326 e. The number of hydrogen-bond acceptors (Lipinski definition) is 5. The number of anilines is 1. The van der Waals surface area contributed by atoms with E-state index in [0.717, 1.165) is 19.3 Å². The minimum Gasteiger partial charge on any atom is -0.326 e. The maximum atomic E-state index is 13.0. The van der Waals surface area contributed by atoms with E-state index < -0.39 is 20.9 Å². The molecule has 29 heavy (non-hydrogen) atoms. The first kappa shape index (κ1) is 20.9. The second-order valence-corrected chi connectivity index (χ2v) is 8.96. The van der Waals surface area contributed by atoms with Crippen molar-refractivity contribution in [3.63, 3.8) is 0 Å². The number of carbonyl (C=O) groups excluding carboxylic acids is 1. The number of nitro benzene ring substituents is 1. The lowest BCUT2D eigenvalue weighted by molar-refractivity contribution is -0.385. The molecule has 1 aliphatic rings. The van der Waals surface area contributed by atoms with Crippen molar-refractivity contribution in [3.8, 4) is 0 Å². The highest BCUT2D eigenvalue weighted by Crippen LogP contribution is 2.26. The Morgan fingerprint density at radius 3 is 2.52 bits per heavy atom. The summed E-state index contributed by atoms with van der Waals surface area (Å²) in [5, 5.41) is 13.8. The van der Waals surface area contributed by atoms with E-state index in [-0.39, 0.29) is 17.0 Å². The second kappa shape index (κ2) is 8.71. The van der Waals surface area contributed by atoms with Crippen LogP contribution in [0.1, 0.15) is 30.4 Å². The van der Waals surface area contributed by atoms with E-state index in [4.69, 9.17) is 0 Å². The Bertz CT molecular complexity index is 1030. The molecule has 2 aromatic rings. The minimum atomic E-state index is -3.64. The van der Waals surface area contributed by atoms with Gasteiger partial charge < -0.3 is 5.32 Å². The quantitative estimate of drug-likeness (QED) is 0.573. The van der Waals surface area contributed by atoms with Gasteiger partial charge in [0.2, 0.25) is 15.9 Å². The zero-order chi connectivity index (χ0) is 21.0. The van der Waals surface area contributed by atoms with Gasteiger partial charge in [-0.1, -0.05) is 30.7 Å². The molecule has 154 valence electrons. The number of nitrogens with zero attached hydrogens (tertiary/aromatic N) is 2. The summed E-state index contributed by atoms with van der Waals surface area (Å²) >= 11 is 0. The van der Waals surface area contributed by atoms with Crippen LogP contribution >= 0.6 is 0 Å².